The highest BCUT2D eigenvalue weighted by Crippen LogP contribution is 2.65. The fraction of sp³-hybridized carbons (Fsp3) is 0.516. The van der Waals surface area contributed by atoms with E-state index < -0.39 is 22.4 Å². The van der Waals surface area contributed by atoms with E-state index in [1.54, 1.807) is 19.2 Å². The first-order valence-corrected chi connectivity index (χ1v) is 16.1. The second-order valence-corrected chi connectivity index (χ2v) is 14.0. The molecule has 1 amide bonds. The van der Waals surface area contributed by atoms with Gasteiger partial charge in [0.15, 0.2) is 12.6 Å². The summed E-state index contributed by atoms with van der Waals surface area (Å²) in [4.78, 5) is 13.1. The largest absolute Gasteiger partial charge is 0.497 e. The quantitative estimate of drug-likeness (QED) is 0.379. The van der Waals surface area contributed by atoms with E-state index in [2.05, 4.69) is 15.5 Å². The summed E-state index contributed by atoms with van der Waals surface area (Å²) in [5.74, 6) is 0.614. The van der Waals surface area contributed by atoms with Crippen LogP contribution < -0.4 is 14.9 Å². The van der Waals surface area contributed by atoms with Gasteiger partial charge in [-0.1, -0.05) is 36.9 Å². The number of carbonyl (C=O) groups excluding carboxylic acids is 1. The van der Waals surface area contributed by atoms with Crippen LogP contribution in [0.25, 0.3) is 10.9 Å². The minimum atomic E-state index is -3.93. The van der Waals surface area contributed by atoms with Crippen LogP contribution in [0.2, 0.25) is 0 Å². The summed E-state index contributed by atoms with van der Waals surface area (Å²) in [5, 5.41) is 1.09. The molecule has 2 atom stereocenters. The van der Waals surface area contributed by atoms with E-state index in [1.807, 2.05) is 31.2 Å². The lowest BCUT2D eigenvalue weighted by atomic mass is 9.84. The molecule has 2 aliphatic carbocycles. The third kappa shape index (κ3) is 5.25. The second kappa shape index (κ2) is 11.0. The number of amides is 1. The van der Waals surface area contributed by atoms with Crippen molar-refractivity contribution in [1.82, 2.24) is 13.6 Å². The maximum Gasteiger partial charge on any atom is 0.303 e. The van der Waals surface area contributed by atoms with Gasteiger partial charge in [0.25, 0.3) is 5.91 Å². The lowest BCUT2D eigenvalue weighted by Crippen LogP contribution is -2.47. The summed E-state index contributed by atoms with van der Waals surface area (Å²) in [6.45, 7) is 2.48. The Bertz CT molecular complexity index is 1610. The van der Waals surface area contributed by atoms with E-state index in [0.717, 1.165) is 45.8 Å². The molecular weight excluding hydrogens is 553 g/mol. The molecule has 3 fully saturated rings. The van der Waals surface area contributed by atoms with Crippen molar-refractivity contribution >= 4 is 40.3 Å². The van der Waals surface area contributed by atoms with Gasteiger partial charge in [0.2, 0.25) is 0 Å². The maximum atomic E-state index is 13.1. The highest BCUT2D eigenvalue weighted by atomic mass is 32.2. The first-order valence-electron chi connectivity index (χ1n) is 14.6. The van der Waals surface area contributed by atoms with Crippen LogP contribution in [-0.4, -0.2) is 64.8 Å². The third-order valence-corrected chi connectivity index (χ3v) is 10.7. The number of hydrogen-bond donors (Lipinski definition) is 1. The zero-order chi connectivity index (χ0) is 29.8. The van der Waals surface area contributed by atoms with Crippen LogP contribution in [0, 0.1) is 5.41 Å². The molecule has 1 N–H and O–H groups in total. The molecule has 3 aromatic rings. The van der Waals surface area contributed by atoms with E-state index in [-0.39, 0.29) is 23.2 Å². The summed E-state index contributed by atoms with van der Waals surface area (Å²) in [6, 6.07) is 11.2. The number of nitrogens with one attached hydrogen (secondary N) is 1. The Labute approximate surface area is 249 Å². The van der Waals surface area contributed by atoms with Gasteiger partial charge >= 0.3 is 10.2 Å². The fourth-order valence-electron chi connectivity index (χ4n) is 6.78. The second-order valence-electron chi connectivity index (χ2n) is 12.2. The summed E-state index contributed by atoms with van der Waals surface area (Å²) in [6.07, 6.45) is 8.28. The van der Waals surface area contributed by atoms with Crippen LogP contribution in [0.5, 0.6) is 5.75 Å². The molecule has 2 heterocycles. The zero-order valence-corrected chi connectivity index (χ0v) is 25.4. The van der Waals surface area contributed by atoms with Gasteiger partial charge < -0.3 is 18.8 Å². The number of carbonyl (C=O) groups is 1. The summed E-state index contributed by atoms with van der Waals surface area (Å²) < 4.78 is 47.8. The molecule has 3 aliphatic rings. The Hall–Kier alpha value is -2.86. The fourth-order valence-corrected chi connectivity index (χ4v) is 7.31. The molecule has 2 aromatic carbocycles. The van der Waals surface area contributed by atoms with Gasteiger partial charge in [-0.3, -0.25) is 4.79 Å². The number of nitrogens with zero attached hydrogens (tertiary/aromatic N) is 2. The SMILES string of the molecule is [B]c1ccc(OC)cc1[C@@H]1C[C@@]1(Cn1cc(C2CCCCC2)c2ccc(C(=O)NS(=O)(=O)N(C)C)cc21)C1OC(C)O1. The molecule has 1 saturated heterocycles. The summed E-state index contributed by atoms with van der Waals surface area (Å²) in [5.41, 5.74) is 3.80. The standard InChI is InChI=1S/C31H38BN3O6S/c1-19-40-30(41-19)31(16-26(31)24-15-22(39-4)11-13-27(24)32)18-35-17-25(20-8-6-5-7-9-20)23-12-10-21(14-28(23)35)29(36)33-42(37,38)34(2)3/h10-15,17,19-20,26,30H,5-9,16,18H2,1-4H3,(H,33,36)/t19?,26-,30?,31-/m0/s1. The lowest BCUT2D eigenvalue weighted by Gasteiger charge is -2.40. The van der Waals surface area contributed by atoms with Crippen LogP contribution in [0.4, 0.5) is 0 Å². The van der Waals surface area contributed by atoms with Gasteiger partial charge in [-0.25, -0.2) is 4.72 Å². The van der Waals surface area contributed by atoms with E-state index in [0.29, 0.717) is 17.9 Å². The Morgan fingerprint density at radius 3 is 2.52 bits per heavy atom. The Morgan fingerprint density at radius 2 is 1.86 bits per heavy atom. The summed E-state index contributed by atoms with van der Waals surface area (Å²) in [7, 11) is 6.94. The van der Waals surface area contributed by atoms with Crippen molar-refractivity contribution in [2.75, 3.05) is 21.2 Å². The minimum absolute atomic E-state index is 0.0948. The monoisotopic (exact) mass is 591 g/mol. The molecule has 0 spiro atoms. The molecule has 0 unspecified atom stereocenters. The number of methoxy groups -OCH3 is 1. The van der Waals surface area contributed by atoms with Crippen molar-refractivity contribution in [2.24, 2.45) is 5.41 Å². The van der Waals surface area contributed by atoms with Gasteiger partial charge in [0.1, 0.15) is 13.6 Å². The molecule has 11 heteroatoms. The number of aromatic nitrogens is 1. The van der Waals surface area contributed by atoms with Crippen molar-refractivity contribution in [2.45, 2.75) is 76.4 Å². The first kappa shape index (κ1) is 29.2. The van der Waals surface area contributed by atoms with Crippen LogP contribution in [-0.2, 0) is 26.2 Å². The van der Waals surface area contributed by atoms with Gasteiger partial charge in [0.05, 0.1) is 7.11 Å². The normalized spacial score (nSPS) is 26.3. The molecule has 2 radical (unpaired) electrons. The van der Waals surface area contributed by atoms with Gasteiger partial charge in [-0.05, 0) is 73.4 Å². The topological polar surface area (TPSA) is 99.1 Å². The molecule has 9 nitrogen and oxygen atoms in total. The van der Waals surface area contributed by atoms with Crippen LogP contribution in [0.15, 0.2) is 42.6 Å². The van der Waals surface area contributed by atoms with Gasteiger partial charge in [-0.15, -0.1) is 0 Å². The van der Waals surface area contributed by atoms with E-state index in [9.17, 15) is 13.2 Å². The van der Waals surface area contributed by atoms with Gasteiger partial charge in [-0.2, -0.15) is 12.7 Å². The molecule has 1 aliphatic heterocycles. The van der Waals surface area contributed by atoms with Crippen LogP contribution >= 0.6 is 0 Å². The molecular formula is C31H38BN3O6S. The molecule has 0 bridgehead atoms. The van der Waals surface area contributed by atoms with E-state index >= 15 is 0 Å². The molecule has 6 rings (SSSR count). The van der Waals surface area contributed by atoms with Crippen molar-refractivity contribution in [1.29, 1.82) is 0 Å². The minimum Gasteiger partial charge on any atom is -0.497 e. The van der Waals surface area contributed by atoms with E-state index in [4.69, 9.17) is 22.1 Å². The summed E-state index contributed by atoms with van der Waals surface area (Å²) >= 11 is 0. The number of fused-ring (bicyclic) bond motifs is 1. The number of ether oxygens (including phenoxy) is 3. The lowest BCUT2D eigenvalue weighted by molar-refractivity contribution is -0.399. The van der Waals surface area contributed by atoms with Crippen molar-refractivity contribution in [3.05, 3.63) is 59.3 Å². The highest BCUT2D eigenvalue weighted by molar-refractivity contribution is 7.87. The smallest absolute Gasteiger partial charge is 0.303 e. The Kier molecular flexibility index (Phi) is 7.66. The highest BCUT2D eigenvalue weighted by Gasteiger charge is 2.64. The average molecular weight is 592 g/mol. The van der Waals surface area contributed by atoms with Gasteiger partial charge in [0, 0.05) is 48.7 Å². The molecule has 1 aromatic heterocycles. The molecule has 222 valence electrons. The van der Waals surface area contributed by atoms with Crippen LogP contribution in [0.1, 0.15) is 78.8 Å². The maximum absolute atomic E-state index is 13.1. The predicted octanol–water partition coefficient (Wildman–Crippen LogP) is 3.92. The van der Waals surface area contributed by atoms with Crippen molar-refractivity contribution in [3.63, 3.8) is 0 Å². The van der Waals surface area contributed by atoms with Crippen molar-refractivity contribution < 1.29 is 27.4 Å². The number of benzene rings is 2. The third-order valence-electron chi connectivity index (χ3n) is 9.27. The molecule has 42 heavy (non-hydrogen) atoms. The number of rotatable bonds is 9. The van der Waals surface area contributed by atoms with Crippen LogP contribution in [0.3, 0.4) is 0 Å². The molecule has 2 saturated carbocycles. The van der Waals surface area contributed by atoms with Crippen molar-refractivity contribution in [3.8, 4) is 5.75 Å². The predicted molar refractivity (Wildman–Crippen MR) is 161 cm³/mol. The zero-order valence-electron chi connectivity index (χ0n) is 24.6. The van der Waals surface area contributed by atoms with E-state index in [1.165, 1.54) is 38.9 Å². The Morgan fingerprint density at radius 1 is 1.12 bits per heavy atom. The Balaban J connectivity index is 1.41. The number of hydrogen-bond acceptors (Lipinski definition) is 6. The average Bonchev–Trinajstić information content (AvgIpc) is 3.56. The first-order chi connectivity index (χ1) is 20.0.